The van der Waals surface area contributed by atoms with Crippen molar-refractivity contribution in [2.24, 2.45) is 5.41 Å². The maximum Gasteiger partial charge on any atom is 0.311 e. The van der Waals surface area contributed by atoms with Crippen molar-refractivity contribution in [3.8, 4) is 0 Å². The number of carbonyl (C=O) groups is 2. The second kappa shape index (κ2) is 5.63. The van der Waals surface area contributed by atoms with Crippen molar-refractivity contribution in [2.75, 3.05) is 20.2 Å². The molecule has 5 heteroatoms. The normalized spacial score (nSPS) is 23.6. The highest BCUT2D eigenvalue weighted by Crippen LogP contribution is 2.32. The SMILES string of the molecule is CO[C@@H](C(=O)N1CC[C@](C)(C(=O)O)C1)c1ccccc1. The molecule has 0 bridgehead atoms. The Hall–Kier alpha value is -1.88. The van der Waals surface area contributed by atoms with Crippen LogP contribution in [0.1, 0.15) is 25.0 Å². The van der Waals surface area contributed by atoms with Gasteiger partial charge in [-0.3, -0.25) is 9.59 Å². The monoisotopic (exact) mass is 277 g/mol. The number of carboxylic acids is 1. The Labute approximate surface area is 118 Å². The fourth-order valence-electron chi connectivity index (χ4n) is 2.50. The van der Waals surface area contributed by atoms with Crippen molar-refractivity contribution in [1.29, 1.82) is 0 Å². The predicted molar refractivity (Wildman–Crippen MR) is 73.1 cm³/mol. The van der Waals surface area contributed by atoms with Crippen LogP contribution in [0.3, 0.4) is 0 Å². The van der Waals surface area contributed by atoms with E-state index in [0.717, 1.165) is 5.56 Å². The lowest BCUT2D eigenvalue weighted by Gasteiger charge is -2.24. The number of rotatable bonds is 4. The van der Waals surface area contributed by atoms with Gasteiger partial charge in [0.05, 0.1) is 5.41 Å². The molecule has 2 rings (SSSR count). The molecule has 1 aliphatic heterocycles. The second-order valence-corrected chi connectivity index (χ2v) is 5.40. The number of nitrogens with zero attached hydrogens (tertiary/aromatic N) is 1. The molecule has 1 aliphatic rings. The van der Waals surface area contributed by atoms with Crippen molar-refractivity contribution >= 4 is 11.9 Å². The summed E-state index contributed by atoms with van der Waals surface area (Å²) in [6.07, 6.45) is -0.202. The first-order chi connectivity index (χ1) is 9.48. The molecule has 0 saturated carbocycles. The lowest BCUT2D eigenvalue weighted by Crippen LogP contribution is -2.37. The van der Waals surface area contributed by atoms with Crippen molar-refractivity contribution in [2.45, 2.75) is 19.4 Å². The highest BCUT2D eigenvalue weighted by atomic mass is 16.5. The predicted octanol–water partition coefficient (Wildman–Crippen LogP) is 1.70. The van der Waals surface area contributed by atoms with Crippen LogP contribution in [0.4, 0.5) is 0 Å². The van der Waals surface area contributed by atoms with Gasteiger partial charge < -0.3 is 14.7 Å². The molecule has 108 valence electrons. The van der Waals surface area contributed by atoms with E-state index < -0.39 is 17.5 Å². The number of carbonyl (C=O) groups excluding carboxylic acids is 1. The van der Waals surface area contributed by atoms with E-state index in [1.165, 1.54) is 7.11 Å². The number of methoxy groups -OCH3 is 1. The summed E-state index contributed by atoms with van der Waals surface area (Å²) in [4.78, 5) is 25.3. The lowest BCUT2D eigenvalue weighted by atomic mass is 9.90. The van der Waals surface area contributed by atoms with Crippen LogP contribution in [0.2, 0.25) is 0 Å². The summed E-state index contributed by atoms with van der Waals surface area (Å²) in [5, 5.41) is 9.22. The van der Waals surface area contributed by atoms with E-state index in [0.29, 0.717) is 13.0 Å². The fourth-order valence-corrected chi connectivity index (χ4v) is 2.50. The van der Waals surface area contributed by atoms with Gasteiger partial charge in [0.25, 0.3) is 5.91 Å². The molecule has 1 aromatic carbocycles. The maximum atomic E-state index is 12.5. The van der Waals surface area contributed by atoms with Gasteiger partial charge in [-0.1, -0.05) is 30.3 Å². The van der Waals surface area contributed by atoms with Crippen LogP contribution in [0.15, 0.2) is 30.3 Å². The van der Waals surface area contributed by atoms with E-state index in [2.05, 4.69) is 0 Å². The Balaban J connectivity index is 2.13. The summed E-state index contributed by atoms with van der Waals surface area (Å²) in [5.41, 5.74) is -0.0751. The quantitative estimate of drug-likeness (QED) is 0.909. The van der Waals surface area contributed by atoms with Crippen molar-refractivity contribution in [3.63, 3.8) is 0 Å². The lowest BCUT2D eigenvalue weighted by molar-refractivity contribution is -0.148. The van der Waals surface area contributed by atoms with Gasteiger partial charge in [0.1, 0.15) is 0 Å². The third kappa shape index (κ3) is 2.67. The Bertz CT molecular complexity index is 502. The maximum absolute atomic E-state index is 12.5. The van der Waals surface area contributed by atoms with E-state index in [1.54, 1.807) is 11.8 Å². The first-order valence-corrected chi connectivity index (χ1v) is 6.58. The van der Waals surface area contributed by atoms with Crippen molar-refractivity contribution in [1.82, 2.24) is 4.90 Å². The average Bonchev–Trinajstić information content (AvgIpc) is 2.85. The standard InChI is InChI=1S/C15H19NO4/c1-15(14(18)19)8-9-16(10-15)13(17)12(20-2)11-6-4-3-5-7-11/h3-7,12H,8-10H2,1-2H3,(H,18,19)/t12-,15+/m1/s1. The smallest absolute Gasteiger partial charge is 0.311 e. The van der Waals surface area contributed by atoms with Gasteiger partial charge in [-0.15, -0.1) is 0 Å². The van der Waals surface area contributed by atoms with Crippen LogP contribution in [-0.2, 0) is 14.3 Å². The summed E-state index contributed by atoms with van der Waals surface area (Å²) in [7, 11) is 1.49. The van der Waals surface area contributed by atoms with Crippen LogP contribution in [0, 0.1) is 5.41 Å². The molecule has 0 unspecified atom stereocenters. The average molecular weight is 277 g/mol. The highest BCUT2D eigenvalue weighted by Gasteiger charge is 2.43. The molecule has 1 amide bonds. The molecule has 1 heterocycles. The Morgan fingerprint density at radius 1 is 1.35 bits per heavy atom. The van der Waals surface area contributed by atoms with Gasteiger partial charge in [0, 0.05) is 20.2 Å². The number of benzene rings is 1. The van der Waals surface area contributed by atoms with Gasteiger partial charge in [0.15, 0.2) is 6.10 Å². The molecule has 1 N–H and O–H groups in total. The van der Waals surface area contributed by atoms with Crippen LogP contribution < -0.4 is 0 Å². The van der Waals surface area contributed by atoms with E-state index >= 15 is 0 Å². The van der Waals surface area contributed by atoms with Crippen LogP contribution in [-0.4, -0.2) is 42.1 Å². The summed E-state index contributed by atoms with van der Waals surface area (Å²) in [6.45, 7) is 2.36. The number of hydrogen-bond donors (Lipinski definition) is 1. The molecule has 20 heavy (non-hydrogen) atoms. The molecule has 0 aliphatic carbocycles. The first kappa shape index (κ1) is 14.5. The Morgan fingerprint density at radius 2 is 2.00 bits per heavy atom. The summed E-state index contributed by atoms with van der Waals surface area (Å²) in [6, 6.07) is 9.23. The molecule has 0 spiro atoms. The summed E-state index contributed by atoms with van der Waals surface area (Å²) >= 11 is 0. The number of amides is 1. The molecular weight excluding hydrogens is 258 g/mol. The highest BCUT2D eigenvalue weighted by molar-refractivity contribution is 5.84. The van der Waals surface area contributed by atoms with E-state index in [9.17, 15) is 14.7 Å². The fraction of sp³-hybridized carbons (Fsp3) is 0.467. The summed E-state index contributed by atoms with van der Waals surface area (Å²) in [5.74, 6) is -1.04. The number of hydrogen-bond acceptors (Lipinski definition) is 3. The summed E-state index contributed by atoms with van der Waals surface area (Å²) < 4.78 is 5.30. The third-order valence-electron chi connectivity index (χ3n) is 3.86. The minimum Gasteiger partial charge on any atom is -0.481 e. The zero-order valence-electron chi connectivity index (χ0n) is 11.7. The van der Waals surface area contributed by atoms with E-state index in [1.807, 2.05) is 30.3 Å². The van der Waals surface area contributed by atoms with Crippen LogP contribution in [0.25, 0.3) is 0 Å². The van der Waals surface area contributed by atoms with E-state index in [-0.39, 0.29) is 12.5 Å². The van der Waals surface area contributed by atoms with Crippen LogP contribution >= 0.6 is 0 Å². The topological polar surface area (TPSA) is 66.8 Å². The first-order valence-electron chi connectivity index (χ1n) is 6.58. The van der Waals surface area contributed by atoms with Crippen LogP contribution in [0.5, 0.6) is 0 Å². The van der Waals surface area contributed by atoms with Crippen molar-refractivity contribution in [3.05, 3.63) is 35.9 Å². The number of ether oxygens (including phenoxy) is 1. The molecule has 5 nitrogen and oxygen atoms in total. The van der Waals surface area contributed by atoms with Gasteiger partial charge in [0.2, 0.25) is 0 Å². The molecule has 1 aromatic rings. The zero-order chi connectivity index (χ0) is 14.8. The van der Waals surface area contributed by atoms with Gasteiger partial charge in [-0.2, -0.15) is 0 Å². The molecule has 0 radical (unpaired) electrons. The zero-order valence-corrected chi connectivity index (χ0v) is 11.7. The van der Waals surface area contributed by atoms with Crippen molar-refractivity contribution < 1.29 is 19.4 Å². The molecule has 1 fully saturated rings. The van der Waals surface area contributed by atoms with Gasteiger partial charge >= 0.3 is 5.97 Å². The largest absolute Gasteiger partial charge is 0.481 e. The second-order valence-electron chi connectivity index (χ2n) is 5.40. The number of carboxylic acid groups (broad SMARTS) is 1. The number of aliphatic carboxylic acids is 1. The molecule has 0 aromatic heterocycles. The Kier molecular flexibility index (Phi) is 4.09. The molecule has 1 saturated heterocycles. The molecular formula is C15H19NO4. The molecule has 2 atom stereocenters. The number of likely N-dealkylation sites (tertiary alicyclic amines) is 1. The van der Waals surface area contributed by atoms with Gasteiger partial charge in [-0.05, 0) is 18.9 Å². The minimum atomic E-state index is -0.860. The third-order valence-corrected chi connectivity index (χ3v) is 3.86. The van der Waals surface area contributed by atoms with E-state index in [4.69, 9.17) is 4.74 Å². The Morgan fingerprint density at radius 3 is 2.50 bits per heavy atom. The van der Waals surface area contributed by atoms with Gasteiger partial charge in [-0.25, -0.2) is 0 Å². The minimum absolute atomic E-state index is 0.177.